The lowest BCUT2D eigenvalue weighted by Gasteiger charge is -2.43. The van der Waals surface area contributed by atoms with Gasteiger partial charge in [-0.05, 0) is 50.8 Å². The monoisotopic (exact) mass is 307 g/mol. The van der Waals surface area contributed by atoms with Crippen molar-refractivity contribution >= 4 is 5.69 Å². The van der Waals surface area contributed by atoms with Crippen molar-refractivity contribution in [3.8, 4) is 11.3 Å². The van der Waals surface area contributed by atoms with Gasteiger partial charge in [-0.15, -0.1) is 0 Å². The standard InChI is InChI=1S/C20H25N3/c1-15-4-6-16(7-5-15)19-9-8-18(13-21-19)22-20-10-12-23-11-2-3-17(20)14-23/h4-9,13,17,20,22H,2-3,10-12,14H2,1H3. The molecule has 2 aromatic rings. The molecule has 2 aliphatic heterocycles. The Morgan fingerprint density at radius 2 is 1.91 bits per heavy atom. The van der Waals surface area contributed by atoms with Crippen LogP contribution in [-0.2, 0) is 0 Å². The number of hydrogen-bond acceptors (Lipinski definition) is 3. The highest BCUT2D eigenvalue weighted by Crippen LogP contribution is 2.29. The fourth-order valence-corrected chi connectivity index (χ4v) is 3.96. The molecule has 2 bridgehead atoms. The highest BCUT2D eigenvalue weighted by molar-refractivity contribution is 5.61. The van der Waals surface area contributed by atoms with Gasteiger partial charge in [0, 0.05) is 24.7 Å². The number of hydrogen-bond donors (Lipinski definition) is 1. The van der Waals surface area contributed by atoms with E-state index < -0.39 is 0 Å². The molecule has 0 amide bonds. The number of pyridine rings is 1. The van der Waals surface area contributed by atoms with Crippen LogP contribution in [0.1, 0.15) is 24.8 Å². The fourth-order valence-electron chi connectivity index (χ4n) is 3.96. The molecule has 3 atom stereocenters. The molecule has 2 aliphatic rings. The maximum atomic E-state index is 4.65. The van der Waals surface area contributed by atoms with Crippen LogP contribution in [0.2, 0.25) is 0 Å². The van der Waals surface area contributed by atoms with E-state index in [1.807, 2.05) is 6.20 Å². The summed E-state index contributed by atoms with van der Waals surface area (Å²) >= 11 is 0. The molecule has 23 heavy (non-hydrogen) atoms. The molecule has 2 saturated heterocycles. The Morgan fingerprint density at radius 3 is 2.70 bits per heavy atom. The van der Waals surface area contributed by atoms with Gasteiger partial charge in [-0.3, -0.25) is 4.98 Å². The molecule has 4 rings (SSSR count). The molecule has 3 unspecified atom stereocenters. The number of anilines is 1. The summed E-state index contributed by atoms with van der Waals surface area (Å²) in [6, 6.07) is 13.5. The minimum atomic E-state index is 0.610. The Bertz CT molecular complexity index is 648. The maximum absolute atomic E-state index is 4.65. The second-order valence-electron chi connectivity index (χ2n) is 7.04. The summed E-state index contributed by atoms with van der Waals surface area (Å²) in [6.45, 7) is 5.92. The van der Waals surface area contributed by atoms with Gasteiger partial charge in [0.2, 0.25) is 0 Å². The molecule has 1 aromatic carbocycles. The van der Waals surface area contributed by atoms with Gasteiger partial charge in [-0.2, -0.15) is 0 Å². The third-order valence-corrected chi connectivity index (χ3v) is 5.33. The first-order valence-electron chi connectivity index (χ1n) is 8.80. The van der Waals surface area contributed by atoms with Crippen molar-refractivity contribution in [3.63, 3.8) is 0 Å². The quantitative estimate of drug-likeness (QED) is 0.930. The SMILES string of the molecule is Cc1ccc(-c2ccc(NC3CCN4CCCC3C4)cn2)cc1. The second kappa shape index (κ2) is 6.32. The van der Waals surface area contributed by atoms with Crippen LogP contribution in [0.4, 0.5) is 5.69 Å². The average Bonchev–Trinajstić information content (AvgIpc) is 2.59. The van der Waals surface area contributed by atoms with Crippen LogP contribution in [-0.4, -0.2) is 35.6 Å². The van der Waals surface area contributed by atoms with E-state index in [1.54, 1.807) is 0 Å². The lowest BCUT2D eigenvalue weighted by Crippen LogP contribution is -2.49. The van der Waals surface area contributed by atoms with Gasteiger partial charge in [0.25, 0.3) is 0 Å². The van der Waals surface area contributed by atoms with Gasteiger partial charge < -0.3 is 10.2 Å². The van der Waals surface area contributed by atoms with Gasteiger partial charge in [0.05, 0.1) is 17.6 Å². The fraction of sp³-hybridized carbons (Fsp3) is 0.450. The van der Waals surface area contributed by atoms with Crippen LogP contribution in [0.15, 0.2) is 42.6 Å². The third kappa shape index (κ3) is 3.25. The molecule has 120 valence electrons. The summed E-state index contributed by atoms with van der Waals surface area (Å²) in [6.07, 6.45) is 5.96. The van der Waals surface area contributed by atoms with E-state index in [0.29, 0.717) is 6.04 Å². The number of fused-ring (bicyclic) bond motifs is 2. The highest BCUT2D eigenvalue weighted by atomic mass is 15.2. The van der Waals surface area contributed by atoms with Gasteiger partial charge in [0.15, 0.2) is 0 Å². The molecule has 1 N–H and O–H groups in total. The van der Waals surface area contributed by atoms with Crippen LogP contribution in [0.3, 0.4) is 0 Å². The van der Waals surface area contributed by atoms with Gasteiger partial charge in [-0.1, -0.05) is 29.8 Å². The highest BCUT2D eigenvalue weighted by Gasteiger charge is 2.31. The molecule has 3 heteroatoms. The molecule has 3 nitrogen and oxygen atoms in total. The molecule has 0 radical (unpaired) electrons. The van der Waals surface area contributed by atoms with E-state index in [1.165, 1.54) is 50.0 Å². The first-order chi connectivity index (χ1) is 11.3. The molecule has 1 aromatic heterocycles. The van der Waals surface area contributed by atoms with E-state index in [9.17, 15) is 0 Å². The first-order valence-corrected chi connectivity index (χ1v) is 8.80. The number of piperidine rings is 2. The van der Waals surface area contributed by atoms with E-state index in [2.05, 4.69) is 58.5 Å². The number of rotatable bonds is 3. The van der Waals surface area contributed by atoms with Crippen LogP contribution in [0.5, 0.6) is 0 Å². The first kappa shape index (κ1) is 14.7. The van der Waals surface area contributed by atoms with Crippen molar-refractivity contribution in [2.45, 2.75) is 32.2 Å². The zero-order valence-electron chi connectivity index (χ0n) is 13.8. The number of nitrogens with one attached hydrogen (secondary N) is 1. The minimum absolute atomic E-state index is 0.610. The van der Waals surface area contributed by atoms with E-state index in [0.717, 1.165) is 17.3 Å². The topological polar surface area (TPSA) is 28.2 Å². The number of aryl methyl sites for hydroxylation is 1. The second-order valence-corrected chi connectivity index (χ2v) is 7.04. The Labute approximate surface area is 138 Å². The summed E-state index contributed by atoms with van der Waals surface area (Å²) < 4.78 is 0. The van der Waals surface area contributed by atoms with Crippen LogP contribution in [0, 0.1) is 12.8 Å². The van der Waals surface area contributed by atoms with E-state index in [4.69, 9.17) is 0 Å². The smallest absolute Gasteiger partial charge is 0.0703 e. The van der Waals surface area contributed by atoms with Crippen LogP contribution >= 0.6 is 0 Å². The normalized spacial score (nSPS) is 26.7. The zero-order valence-corrected chi connectivity index (χ0v) is 13.8. The summed E-state index contributed by atoms with van der Waals surface area (Å²) in [5.74, 6) is 0.800. The number of aromatic nitrogens is 1. The molecule has 0 saturated carbocycles. The van der Waals surface area contributed by atoms with E-state index >= 15 is 0 Å². The minimum Gasteiger partial charge on any atom is -0.381 e. The lowest BCUT2D eigenvalue weighted by atomic mass is 9.85. The largest absolute Gasteiger partial charge is 0.381 e. The number of nitrogens with zero attached hydrogens (tertiary/aromatic N) is 2. The summed E-state index contributed by atoms with van der Waals surface area (Å²) in [5, 5.41) is 3.73. The maximum Gasteiger partial charge on any atom is 0.0703 e. The molecular formula is C20H25N3. The molecular weight excluding hydrogens is 282 g/mol. The van der Waals surface area contributed by atoms with Crippen molar-refractivity contribution in [2.75, 3.05) is 25.0 Å². The van der Waals surface area contributed by atoms with Gasteiger partial charge in [-0.25, -0.2) is 0 Å². The van der Waals surface area contributed by atoms with Crippen molar-refractivity contribution in [1.82, 2.24) is 9.88 Å². The lowest BCUT2D eigenvalue weighted by molar-refractivity contribution is 0.113. The molecule has 3 heterocycles. The zero-order chi connectivity index (χ0) is 15.6. The summed E-state index contributed by atoms with van der Waals surface area (Å²) in [7, 11) is 0. The Kier molecular flexibility index (Phi) is 4.04. The number of benzene rings is 1. The summed E-state index contributed by atoms with van der Waals surface area (Å²) in [5.41, 5.74) is 4.67. The van der Waals surface area contributed by atoms with Gasteiger partial charge >= 0.3 is 0 Å². The molecule has 2 fully saturated rings. The van der Waals surface area contributed by atoms with Crippen LogP contribution in [0.25, 0.3) is 11.3 Å². The predicted octanol–water partition coefficient (Wildman–Crippen LogP) is 3.95. The van der Waals surface area contributed by atoms with Crippen molar-refractivity contribution < 1.29 is 0 Å². The molecule has 0 aliphatic carbocycles. The van der Waals surface area contributed by atoms with Crippen molar-refractivity contribution in [2.24, 2.45) is 5.92 Å². The van der Waals surface area contributed by atoms with E-state index in [-0.39, 0.29) is 0 Å². The molecule has 0 spiro atoms. The third-order valence-electron chi connectivity index (χ3n) is 5.33. The Balaban J connectivity index is 1.45. The van der Waals surface area contributed by atoms with Crippen LogP contribution < -0.4 is 5.32 Å². The predicted molar refractivity (Wildman–Crippen MR) is 95.6 cm³/mol. The van der Waals surface area contributed by atoms with Crippen molar-refractivity contribution in [3.05, 3.63) is 48.2 Å². The summed E-state index contributed by atoms with van der Waals surface area (Å²) in [4.78, 5) is 7.27. The Hall–Kier alpha value is -1.87. The average molecular weight is 307 g/mol. The Morgan fingerprint density at radius 1 is 1.04 bits per heavy atom. The van der Waals surface area contributed by atoms with Crippen molar-refractivity contribution in [1.29, 1.82) is 0 Å². The van der Waals surface area contributed by atoms with Gasteiger partial charge in [0.1, 0.15) is 0 Å².